The van der Waals surface area contributed by atoms with Gasteiger partial charge < -0.3 is 15.7 Å². The topological polar surface area (TPSA) is 62.4 Å². The fourth-order valence-corrected chi connectivity index (χ4v) is 3.59. The summed E-state index contributed by atoms with van der Waals surface area (Å²) < 4.78 is 0. The highest BCUT2D eigenvalue weighted by atomic mass is 32.1. The van der Waals surface area contributed by atoms with Gasteiger partial charge in [-0.05, 0) is 32.8 Å². The van der Waals surface area contributed by atoms with Crippen molar-refractivity contribution in [3.8, 4) is 0 Å². The van der Waals surface area contributed by atoms with Crippen LogP contribution in [0, 0.1) is 13.8 Å². The molecule has 0 aliphatic heterocycles. The van der Waals surface area contributed by atoms with Crippen LogP contribution in [0.15, 0.2) is 6.07 Å². The Morgan fingerprint density at radius 3 is 2.62 bits per heavy atom. The summed E-state index contributed by atoms with van der Waals surface area (Å²) in [6.07, 6.45) is 6.13. The lowest BCUT2D eigenvalue weighted by Crippen LogP contribution is -2.40. The van der Waals surface area contributed by atoms with Gasteiger partial charge in [0.25, 0.3) is 0 Å². The SMILES string of the molecule is Cc1cc(N(CCO)C2CCCCC2)c(C(N)=S)c(C)n1. The first kappa shape index (κ1) is 16.2. The van der Waals surface area contributed by atoms with Crippen LogP contribution in [0.1, 0.15) is 49.1 Å². The third kappa shape index (κ3) is 3.71. The fraction of sp³-hybridized carbons (Fsp3) is 0.625. The Labute approximate surface area is 132 Å². The molecule has 1 aromatic rings. The predicted octanol–water partition coefficient (Wildman–Crippen LogP) is 2.46. The Bertz CT molecular complexity index is 512. The molecule has 0 bridgehead atoms. The smallest absolute Gasteiger partial charge is 0.107 e. The first-order chi connectivity index (χ1) is 10.0. The van der Waals surface area contributed by atoms with Crippen LogP contribution in [-0.2, 0) is 0 Å². The number of pyridine rings is 1. The molecule has 0 saturated heterocycles. The van der Waals surface area contributed by atoms with Crippen molar-refractivity contribution in [2.24, 2.45) is 5.73 Å². The van der Waals surface area contributed by atoms with Crippen molar-refractivity contribution >= 4 is 22.9 Å². The van der Waals surface area contributed by atoms with Gasteiger partial charge in [0.05, 0.1) is 17.9 Å². The highest BCUT2D eigenvalue weighted by molar-refractivity contribution is 7.80. The summed E-state index contributed by atoms with van der Waals surface area (Å²) in [5, 5.41) is 9.48. The molecule has 1 saturated carbocycles. The maximum absolute atomic E-state index is 9.48. The summed E-state index contributed by atoms with van der Waals surface area (Å²) in [5.41, 5.74) is 9.65. The molecule has 21 heavy (non-hydrogen) atoms. The van der Waals surface area contributed by atoms with E-state index in [0.29, 0.717) is 17.6 Å². The van der Waals surface area contributed by atoms with Gasteiger partial charge in [-0.1, -0.05) is 31.5 Å². The van der Waals surface area contributed by atoms with Crippen LogP contribution in [0.2, 0.25) is 0 Å². The second kappa shape index (κ2) is 7.18. The predicted molar refractivity (Wildman–Crippen MR) is 90.9 cm³/mol. The summed E-state index contributed by atoms with van der Waals surface area (Å²) in [4.78, 5) is 7.16. The lowest BCUT2D eigenvalue weighted by molar-refractivity contribution is 0.290. The Hall–Kier alpha value is -1.20. The van der Waals surface area contributed by atoms with Crippen LogP contribution >= 0.6 is 12.2 Å². The molecular formula is C16H25N3OS. The van der Waals surface area contributed by atoms with E-state index in [-0.39, 0.29) is 6.61 Å². The third-order valence-corrected chi connectivity index (χ3v) is 4.42. The molecule has 0 aromatic carbocycles. The minimum absolute atomic E-state index is 0.133. The second-order valence-electron chi connectivity index (χ2n) is 5.82. The molecule has 0 unspecified atom stereocenters. The van der Waals surface area contributed by atoms with Crippen molar-refractivity contribution in [1.82, 2.24) is 4.98 Å². The first-order valence-electron chi connectivity index (χ1n) is 7.70. The molecule has 5 heteroatoms. The molecular weight excluding hydrogens is 282 g/mol. The standard InChI is InChI=1S/C16H25N3OS/c1-11-10-14(15(16(17)21)12(2)18-11)19(8-9-20)13-6-4-3-5-7-13/h10,13,20H,3-9H2,1-2H3,(H2,17,21). The molecule has 116 valence electrons. The number of aryl methyl sites for hydroxylation is 2. The zero-order valence-corrected chi connectivity index (χ0v) is 13.7. The number of hydrogen-bond acceptors (Lipinski definition) is 4. The van der Waals surface area contributed by atoms with Gasteiger partial charge in [-0.3, -0.25) is 4.98 Å². The number of aliphatic hydroxyl groups excluding tert-OH is 1. The van der Waals surface area contributed by atoms with E-state index >= 15 is 0 Å². The lowest BCUT2D eigenvalue weighted by atomic mass is 9.93. The van der Waals surface area contributed by atoms with Crippen LogP contribution in [0.4, 0.5) is 5.69 Å². The van der Waals surface area contributed by atoms with Gasteiger partial charge in [-0.25, -0.2) is 0 Å². The Morgan fingerprint density at radius 2 is 2.05 bits per heavy atom. The molecule has 4 nitrogen and oxygen atoms in total. The minimum Gasteiger partial charge on any atom is -0.395 e. The summed E-state index contributed by atoms with van der Waals surface area (Å²) in [5.74, 6) is 0. The van der Waals surface area contributed by atoms with Crippen LogP contribution in [0.3, 0.4) is 0 Å². The van der Waals surface area contributed by atoms with Crippen molar-refractivity contribution in [1.29, 1.82) is 0 Å². The molecule has 3 N–H and O–H groups in total. The highest BCUT2D eigenvalue weighted by Crippen LogP contribution is 2.31. The molecule has 0 atom stereocenters. The van der Waals surface area contributed by atoms with Crippen molar-refractivity contribution < 1.29 is 5.11 Å². The average Bonchev–Trinajstić information content (AvgIpc) is 2.44. The largest absolute Gasteiger partial charge is 0.395 e. The lowest BCUT2D eigenvalue weighted by Gasteiger charge is -2.37. The van der Waals surface area contributed by atoms with Crippen LogP contribution in [0.5, 0.6) is 0 Å². The maximum Gasteiger partial charge on any atom is 0.107 e. The number of rotatable bonds is 5. The van der Waals surface area contributed by atoms with E-state index in [2.05, 4.69) is 9.88 Å². The van der Waals surface area contributed by atoms with E-state index in [1.54, 1.807) is 0 Å². The molecule has 1 aliphatic rings. The summed E-state index contributed by atoms with van der Waals surface area (Å²) in [6.45, 7) is 4.68. The fourth-order valence-electron chi connectivity index (χ4n) is 3.34. The summed E-state index contributed by atoms with van der Waals surface area (Å²) >= 11 is 5.23. The molecule has 2 rings (SSSR count). The Morgan fingerprint density at radius 1 is 1.38 bits per heavy atom. The number of nitrogens with two attached hydrogens (primary N) is 1. The van der Waals surface area contributed by atoms with Crippen molar-refractivity contribution in [2.45, 2.75) is 52.0 Å². The van der Waals surface area contributed by atoms with E-state index in [4.69, 9.17) is 18.0 Å². The molecule has 1 heterocycles. The van der Waals surface area contributed by atoms with Gasteiger partial charge in [-0.15, -0.1) is 0 Å². The summed E-state index contributed by atoms with van der Waals surface area (Å²) in [7, 11) is 0. The van der Waals surface area contributed by atoms with Crippen molar-refractivity contribution in [2.75, 3.05) is 18.1 Å². The van der Waals surface area contributed by atoms with Crippen molar-refractivity contribution in [3.05, 3.63) is 23.0 Å². The van der Waals surface area contributed by atoms with Gasteiger partial charge in [0, 0.05) is 24.0 Å². The molecule has 0 spiro atoms. The van der Waals surface area contributed by atoms with Crippen LogP contribution < -0.4 is 10.6 Å². The number of aliphatic hydroxyl groups is 1. The normalized spacial score (nSPS) is 16.0. The number of anilines is 1. The van der Waals surface area contributed by atoms with Gasteiger partial charge in [0.2, 0.25) is 0 Å². The number of hydrogen-bond donors (Lipinski definition) is 2. The van der Waals surface area contributed by atoms with E-state index in [0.717, 1.165) is 35.5 Å². The zero-order valence-electron chi connectivity index (χ0n) is 12.9. The number of aromatic nitrogens is 1. The zero-order chi connectivity index (χ0) is 15.4. The second-order valence-corrected chi connectivity index (χ2v) is 6.26. The third-order valence-electron chi connectivity index (χ3n) is 4.22. The summed E-state index contributed by atoms with van der Waals surface area (Å²) in [6, 6.07) is 2.51. The number of nitrogens with zero attached hydrogens (tertiary/aromatic N) is 2. The van der Waals surface area contributed by atoms with Crippen LogP contribution in [-0.4, -0.2) is 34.3 Å². The maximum atomic E-state index is 9.48. The van der Waals surface area contributed by atoms with E-state index < -0.39 is 0 Å². The minimum atomic E-state index is 0.133. The quantitative estimate of drug-likeness (QED) is 0.818. The molecule has 1 aromatic heterocycles. The molecule has 0 radical (unpaired) electrons. The van der Waals surface area contributed by atoms with Crippen molar-refractivity contribution in [3.63, 3.8) is 0 Å². The molecule has 1 fully saturated rings. The van der Waals surface area contributed by atoms with Gasteiger partial charge >= 0.3 is 0 Å². The highest BCUT2D eigenvalue weighted by Gasteiger charge is 2.25. The Balaban J connectivity index is 2.45. The van der Waals surface area contributed by atoms with E-state index in [9.17, 15) is 5.11 Å². The van der Waals surface area contributed by atoms with E-state index in [1.165, 1.54) is 19.3 Å². The van der Waals surface area contributed by atoms with Gasteiger partial charge in [0.15, 0.2) is 0 Å². The Kier molecular flexibility index (Phi) is 5.53. The van der Waals surface area contributed by atoms with Gasteiger partial charge in [0.1, 0.15) is 4.99 Å². The average molecular weight is 307 g/mol. The van der Waals surface area contributed by atoms with Crippen LogP contribution in [0.25, 0.3) is 0 Å². The number of thiocarbonyl (C=S) groups is 1. The first-order valence-corrected chi connectivity index (χ1v) is 8.11. The monoisotopic (exact) mass is 307 g/mol. The molecule has 1 aliphatic carbocycles. The van der Waals surface area contributed by atoms with E-state index in [1.807, 2.05) is 19.9 Å². The molecule has 0 amide bonds. The van der Waals surface area contributed by atoms with Gasteiger partial charge in [-0.2, -0.15) is 0 Å².